The zero-order chi connectivity index (χ0) is 11.0. The van der Waals surface area contributed by atoms with Crippen LogP contribution in [0.15, 0.2) is 18.2 Å². The molecule has 4 N–H and O–H groups in total. The monoisotopic (exact) mass is 207 g/mol. The number of aromatic nitrogens is 2. The number of benzene rings is 1. The fourth-order valence-corrected chi connectivity index (χ4v) is 1.42. The topological polar surface area (TPSA) is 74.9 Å². The average molecular weight is 207 g/mol. The van der Waals surface area contributed by atoms with Crippen molar-refractivity contribution in [3.8, 4) is 17.0 Å². The van der Waals surface area contributed by atoms with Crippen LogP contribution < -0.4 is 5.73 Å². The van der Waals surface area contributed by atoms with Gasteiger partial charge in [0.05, 0.1) is 5.69 Å². The van der Waals surface area contributed by atoms with E-state index < -0.39 is 11.6 Å². The van der Waals surface area contributed by atoms with E-state index in [2.05, 4.69) is 9.97 Å². The summed E-state index contributed by atoms with van der Waals surface area (Å²) in [4.78, 5) is 6.87. The molecule has 15 heavy (non-hydrogen) atoms. The second kappa shape index (κ2) is 3.27. The number of hydrogen-bond acceptors (Lipinski definition) is 3. The zero-order valence-corrected chi connectivity index (χ0v) is 8.08. The Bertz CT molecular complexity index is 507. The maximum absolute atomic E-state index is 12.8. The summed E-state index contributed by atoms with van der Waals surface area (Å²) in [5.41, 5.74) is 7.50. The van der Waals surface area contributed by atoms with Gasteiger partial charge in [-0.3, -0.25) is 0 Å². The number of nitrogens with one attached hydrogen (secondary N) is 1. The average Bonchev–Trinajstić information content (AvgIpc) is 2.50. The van der Waals surface area contributed by atoms with Crippen LogP contribution in [-0.4, -0.2) is 15.1 Å². The van der Waals surface area contributed by atoms with Crippen molar-refractivity contribution < 1.29 is 9.50 Å². The number of nitrogens with zero attached hydrogens (tertiary/aromatic N) is 1. The Morgan fingerprint density at radius 1 is 1.47 bits per heavy atom. The van der Waals surface area contributed by atoms with Gasteiger partial charge >= 0.3 is 0 Å². The molecule has 4 nitrogen and oxygen atoms in total. The molecule has 0 spiro atoms. The minimum atomic E-state index is -0.653. The highest BCUT2D eigenvalue weighted by Gasteiger charge is 2.09. The number of aromatic hydroxyl groups is 1. The second-order valence-electron chi connectivity index (χ2n) is 3.26. The van der Waals surface area contributed by atoms with E-state index >= 15 is 0 Å². The van der Waals surface area contributed by atoms with Crippen LogP contribution in [0, 0.1) is 12.7 Å². The lowest BCUT2D eigenvalue weighted by atomic mass is 10.1. The summed E-state index contributed by atoms with van der Waals surface area (Å²) in [6.45, 7) is 1.80. The Labute approximate surface area is 85.6 Å². The highest BCUT2D eigenvalue weighted by atomic mass is 19.1. The largest absolute Gasteiger partial charge is 0.505 e. The minimum absolute atomic E-state index is 0.298. The number of hydrogen-bond donors (Lipinski definition) is 3. The second-order valence-corrected chi connectivity index (χ2v) is 3.26. The molecular weight excluding hydrogens is 197 g/mol. The standard InChI is InChI=1S/C10H10FN3O/c1-5-9(14-10(12)13-5)6-2-3-7(11)8(15)4-6/h2-4,15H,1H3,(H3,12,13,14). The number of phenolic OH excluding ortho intramolecular Hbond substituents is 1. The quantitative estimate of drug-likeness (QED) is 0.667. The first-order chi connectivity index (χ1) is 7.08. The van der Waals surface area contributed by atoms with Gasteiger partial charge in [-0.2, -0.15) is 0 Å². The molecule has 0 saturated heterocycles. The number of aromatic amines is 1. The summed E-state index contributed by atoms with van der Waals surface area (Å²) >= 11 is 0. The number of imidazole rings is 1. The van der Waals surface area contributed by atoms with E-state index in [4.69, 9.17) is 5.73 Å². The van der Waals surface area contributed by atoms with Gasteiger partial charge < -0.3 is 15.8 Å². The van der Waals surface area contributed by atoms with Crippen LogP contribution in [0.25, 0.3) is 11.3 Å². The molecule has 0 aliphatic heterocycles. The first-order valence-corrected chi connectivity index (χ1v) is 4.39. The first kappa shape index (κ1) is 9.51. The van der Waals surface area contributed by atoms with E-state index in [-0.39, 0.29) is 0 Å². The van der Waals surface area contributed by atoms with E-state index in [1.54, 1.807) is 6.92 Å². The van der Waals surface area contributed by atoms with E-state index in [0.29, 0.717) is 17.2 Å². The van der Waals surface area contributed by atoms with Crippen LogP contribution in [0.1, 0.15) is 5.69 Å². The molecule has 0 saturated carbocycles. The maximum Gasteiger partial charge on any atom is 0.198 e. The summed E-state index contributed by atoms with van der Waals surface area (Å²) in [6.07, 6.45) is 0. The molecule has 0 bridgehead atoms. The SMILES string of the molecule is Cc1[nH]c(N)nc1-c1ccc(F)c(O)c1. The van der Waals surface area contributed by atoms with Gasteiger partial charge in [0.1, 0.15) is 0 Å². The fourth-order valence-electron chi connectivity index (χ4n) is 1.42. The lowest BCUT2D eigenvalue weighted by molar-refractivity contribution is 0.432. The van der Waals surface area contributed by atoms with Crippen molar-refractivity contribution in [2.24, 2.45) is 0 Å². The van der Waals surface area contributed by atoms with Gasteiger partial charge in [-0.1, -0.05) is 0 Å². The molecule has 2 aromatic rings. The van der Waals surface area contributed by atoms with Gasteiger partial charge in [-0.15, -0.1) is 0 Å². The Balaban J connectivity index is 2.54. The van der Waals surface area contributed by atoms with Gasteiger partial charge in [-0.25, -0.2) is 9.37 Å². The van der Waals surface area contributed by atoms with Crippen LogP contribution in [0.3, 0.4) is 0 Å². The molecule has 0 unspecified atom stereocenters. The number of phenols is 1. The molecule has 2 rings (SSSR count). The van der Waals surface area contributed by atoms with Crippen molar-refractivity contribution in [3.05, 3.63) is 29.7 Å². The molecule has 0 atom stereocenters. The number of rotatable bonds is 1. The number of H-pyrrole nitrogens is 1. The van der Waals surface area contributed by atoms with Crippen molar-refractivity contribution in [2.75, 3.05) is 5.73 Å². The number of nitrogens with two attached hydrogens (primary N) is 1. The summed E-state index contributed by atoms with van der Waals surface area (Å²) in [5.74, 6) is -0.750. The number of nitrogen functional groups attached to an aromatic ring is 1. The van der Waals surface area contributed by atoms with Gasteiger partial charge in [0.25, 0.3) is 0 Å². The molecule has 0 aliphatic rings. The van der Waals surface area contributed by atoms with E-state index in [1.165, 1.54) is 18.2 Å². The number of anilines is 1. The third kappa shape index (κ3) is 1.63. The Morgan fingerprint density at radius 3 is 2.73 bits per heavy atom. The van der Waals surface area contributed by atoms with Crippen LogP contribution >= 0.6 is 0 Å². The van der Waals surface area contributed by atoms with E-state index in [1.807, 2.05) is 0 Å². The highest BCUT2D eigenvalue weighted by Crippen LogP contribution is 2.26. The lowest BCUT2D eigenvalue weighted by Crippen LogP contribution is -1.86. The van der Waals surface area contributed by atoms with Crippen molar-refractivity contribution in [1.29, 1.82) is 0 Å². The third-order valence-corrected chi connectivity index (χ3v) is 2.12. The van der Waals surface area contributed by atoms with Crippen molar-refractivity contribution in [3.63, 3.8) is 0 Å². The molecule has 0 radical (unpaired) electrons. The Morgan fingerprint density at radius 2 is 2.20 bits per heavy atom. The predicted molar refractivity (Wildman–Crippen MR) is 54.8 cm³/mol. The number of aryl methyl sites for hydroxylation is 1. The zero-order valence-electron chi connectivity index (χ0n) is 8.08. The van der Waals surface area contributed by atoms with Gasteiger partial charge in [0.15, 0.2) is 17.5 Å². The van der Waals surface area contributed by atoms with Crippen LogP contribution in [0.5, 0.6) is 5.75 Å². The van der Waals surface area contributed by atoms with Gasteiger partial charge in [0, 0.05) is 11.3 Å². The fraction of sp³-hybridized carbons (Fsp3) is 0.100. The van der Waals surface area contributed by atoms with Gasteiger partial charge in [0.2, 0.25) is 0 Å². The molecular formula is C10H10FN3O. The molecule has 1 heterocycles. The Hall–Kier alpha value is -2.04. The molecule has 1 aromatic carbocycles. The van der Waals surface area contributed by atoms with Crippen LogP contribution in [0.4, 0.5) is 10.3 Å². The van der Waals surface area contributed by atoms with Crippen molar-refractivity contribution in [2.45, 2.75) is 6.92 Å². The van der Waals surface area contributed by atoms with E-state index in [9.17, 15) is 9.50 Å². The molecule has 78 valence electrons. The summed E-state index contributed by atoms with van der Waals surface area (Å²) in [5, 5.41) is 9.21. The number of halogens is 1. The normalized spacial score (nSPS) is 10.5. The lowest BCUT2D eigenvalue weighted by Gasteiger charge is -2.00. The van der Waals surface area contributed by atoms with E-state index in [0.717, 1.165) is 5.69 Å². The van der Waals surface area contributed by atoms with Crippen LogP contribution in [-0.2, 0) is 0 Å². The van der Waals surface area contributed by atoms with Gasteiger partial charge in [-0.05, 0) is 25.1 Å². The van der Waals surface area contributed by atoms with Crippen molar-refractivity contribution in [1.82, 2.24) is 9.97 Å². The maximum atomic E-state index is 12.8. The molecule has 0 aliphatic carbocycles. The molecule has 0 fully saturated rings. The summed E-state index contributed by atoms with van der Waals surface area (Å²) < 4.78 is 12.8. The predicted octanol–water partition coefficient (Wildman–Crippen LogP) is 1.81. The van der Waals surface area contributed by atoms with Crippen LogP contribution in [0.2, 0.25) is 0 Å². The molecule has 1 aromatic heterocycles. The molecule has 0 amide bonds. The van der Waals surface area contributed by atoms with Crippen molar-refractivity contribution >= 4 is 5.95 Å². The Kier molecular flexibility index (Phi) is 2.07. The molecule has 5 heteroatoms. The summed E-state index contributed by atoms with van der Waals surface area (Å²) in [6, 6.07) is 4.05. The minimum Gasteiger partial charge on any atom is -0.505 e. The summed E-state index contributed by atoms with van der Waals surface area (Å²) in [7, 11) is 0. The first-order valence-electron chi connectivity index (χ1n) is 4.39. The third-order valence-electron chi connectivity index (χ3n) is 2.12. The smallest absolute Gasteiger partial charge is 0.198 e. The highest BCUT2D eigenvalue weighted by molar-refractivity contribution is 5.65.